The summed E-state index contributed by atoms with van der Waals surface area (Å²) in [5.74, 6) is 1.65. The van der Waals surface area contributed by atoms with Crippen LogP contribution in [0.2, 0.25) is 0 Å². The molecule has 1 unspecified atom stereocenters. The van der Waals surface area contributed by atoms with Gasteiger partial charge in [0.2, 0.25) is 5.88 Å². The lowest BCUT2D eigenvalue weighted by molar-refractivity contribution is 0.327. The first-order valence-corrected chi connectivity index (χ1v) is 5.72. The van der Waals surface area contributed by atoms with Gasteiger partial charge in [-0.05, 0) is 19.4 Å². The third-order valence-electron chi connectivity index (χ3n) is 2.46. The van der Waals surface area contributed by atoms with E-state index in [0.29, 0.717) is 12.5 Å². The number of hydrogen-bond acceptors (Lipinski definition) is 3. The molecule has 0 aromatic carbocycles. The van der Waals surface area contributed by atoms with Gasteiger partial charge in [0.05, 0.1) is 12.0 Å². The molecule has 1 aromatic rings. The maximum absolute atomic E-state index is 6.06. The van der Waals surface area contributed by atoms with Gasteiger partial charge in [0, 0.05) is 19.2 Å². The van der Waals surface area contributed by atoms with E-state index in [1.54, 1.807) is 0 Å². The summed E-state index contributed by atoms with van der Waals surface area (Å²) < 4.78 is 5.36. The lowest BCUT2D eigenvalue weighted by atomic mass is 10.4. The van der Waals surface area contributed by atoms with E-state index in [1.807, 2.05) is 25.1 Å². The Hall–Kier alpha value is -0.960. The number of alkyl halides is 1. The molecule has 0 saturated carbocycles. The molecule has 1 fully saturated rings. The second kappa shape index (κ2) is 4.71. The van der Waals surface area contributed by atoms with E-state index in [2.05, 4.69) is 9.88 Å². The van der Waals surface area contributed by atoms with Crippen LogP contribution in [0.15, 0.2) is 18.2 Å². The van der Waals surface area contributed by atoms with Gasteiger partial charge in [-0.3, -0.25) is 0 Å². The van der Waals surface area contributed by atoms with Gasteiger partial charge < -0.3 is 9.64 Å². The fraction of sp³-hybridized carbons (Fsp3) is 0.545. The largest absolute Gasteiger partial charge is 0.478 e. The van der Waals surface area contributed by atoms with Crippen LogP contribution >= 0.6 is 11.6 Å². The minimum absolute atomic E-state index is 0.252. The molecule has 4 heteroatoms. The quantitative estimate of drug-likeness (QED) is 0.740. The summed E-state index contributed by atoms with van der Waals surface area (Å²) in [4.78, 5) is 6.62. The molecule has 0 bridgehead atoms. The van der Waals surface area contributed by atoms with Crippen LogP contribution in [0.4, 0.5) is 5.82 Å². The summed E-state index contributed by atoms with van der Waals surface area (Å²) in [6, 6.07) is 5.84. The van der Waals surface area contributed by atoms with Gasteiger partial charge in [-0.15, -0.1) is 11.6 Å². The maximum atomic E-state index is 6.06. The van der Waals surface area contributed by atoms with Gasteiger partial charge in [0.25, 0.3) is 0 Å². The average Bonchev–Trinajstić information content (AvgIpc) is 2.66. The van der Waals surface area contributed by atoms with E-state index < -0.39 is 0 Å². The van der Waals surface area contributed by atoms with Crippen molar-refractivity contribution in [3.63, 3.8) is 0 Å². The number of pyridine rings is 1. The molecule has 0 N–H and O–H groups in total. The third kappa shape index (κ3) is 2.53. The van der Waals surface area contributed by atoms with Crippen LogP contribution in [-0.4, -0.2) is 30.1 Å². The topological polar surface area (TPSA) is 25.4 Å². The maximum Gasteiger partial charge on any atom is 0.215 e. The Balaban J connectivity index is 2.10. The molecular formula is C11H15ClN2O. The molecule has 1 aromatic heterocycles. The van der Waals surface area contributed by atoms with Gasteiger partial charge >= 0.3 is 0 Å². The van der Waals surface area contributed by atoms with E-state index in [0.717, 1.165) is 25.3 Å². The van der Waals surface area contributed by atoms with Crippen LogP contribution in [0.1, 0.15) is 13.3 Å². The van der Waals surface area contributed by atoms with Crippen molar-refractivity contribution >= 4 is 17.4 Å². The highest BCUT2D eigenvalue weighted by molar-refractivity contribution is 6.21. The lowest BCUT2D eigenvalue weighted by Crippen LogP contribution is -2.20. The molecule has 0 aliphatic carbocycles. The molecule has 2 heterocycles. The van der Waals surface area contributed by atoms with Crippen molar-refractivity contribution in [3.8, 4) is 5.88 Å². The average molecular weight is 227 g/mol. The van der Waals surface area contributed by atoms with Crippen molar-refractivity contribution in [3.05, 3.63) is 18.2 Å². The SMILES string of the molecule is CCOc1cccc(N2CCC(Cl)C2)n1. The zero-order chi connectivity index (χ0) is 10.7. The molecule has 0 radical (unpaired) electrons. The van der Waals surface area contributed by atoms with Gasteiger partial charge in [-0.1, -0.05) is 6.07 Å². The van der Waals surface area contributed by atoms with Crippen molar-refractivity contribution < 1.29 is 4.74 Å². The number of aromatic nitrogens is 1. The Morgan fingerprint density at radius 3 is 3.13 bits per heavy atom. The molecule has 2 rings (SSSR count). The number of ether oxygens (including phenoxy) is 1. The van der Waals surface area contributed by atoms with Crippen LogP contribution in [0, 0.1) is 0 Å². The summed E-state index contributed by atoms with van der Waals surface area (Å²) in [5.41, 5.74) is 0. The minimum atomic E-state index is 0.252. The molecule has 1 aliphatic rings. The molecule has 15 heavy (non-hydrogen) atoms. The fourth-order valence-corrected chi connectivity index (χ4v) is 2.00. The van der Waals surface area contributed by atoms with E-state index in [1.165, 1.54) is 0 Å². The second-order valence-corrected chi connectivity index (χ2v) is 4.22. The van der Waals surface area contributed by atoms with E-state index in [9.17, 15) is 0 Å². The molecule has 3 nitrogen and oxygen atoms in total. The van der Waals surface area contributed by atoms with Crippen molar-refractivity contribution in [2.24, 2.45) is 0 Å². The normalized spacial score (nSPS) is 20.7. The number of rotatable bonds is 3. The molecule has 1 atom stereocenters. The highest BCUT2D eigenvalue weighted by Crippen LogP contribution is 2.22. The van der Waals surface area contributed by atoms with Crippen LogP contribution < -0.4 is 9.64 Å². The van der Waals surface area contributed by atoms with E-state index in [4.69, 9.17) is 16.3 Å². The Morgan fingerprint density at radius 1 is 1.60 bits per heavy atom. The fourth-order valence-electron chi connectivity index (χ4n) is 1.73. The zero-order valence-corrected chi connectivity index (χ0v) is 9.57. The molecule has 0 spiro atoms. The molecule has 0 amide bonds. The van der Waals surface area contributed by atoms with Crippen LogP contribution in [0.3, 0.4) is 0 Å². The van der Waals surface area contributed by atoms with Crippen LogP contribution in [-0.2, 0) is 0 Å². The first kappa shape index (κ1) is 10.6. The van der Waals surface area contributed by atoms with Crippen LogP contribution in [0.25, 0.3) is 0 Å². The van der Waals surface area contributed by atoms with Crippen LogP contribution in [0.5, 0.6) is 5.88 Å². The number of halogens is 1. The standard InChI is InChI=1S/C11H15ClN2O/c1-2-15-11-5-3-4-10(13-11)14-7-6-9(12)8-14/h3-5,9H,2,6-8H2,1H3. The van der Waals surface area contributed by atoms with E-state index >= 15 is 0 Å². The minimum Gasteiger partial charge on any atom is -0.478 e. The second-order valence-electron chi connectivity index (χ2n) is 3.60. The van der Waals surface area contributed by atoms with Crippen molar-refractivity contribution in [2.75, 3.05) is 24.6 Å². The Labute approximate surface area is 95.0 Å². The number of anilines is 1. The van der Waals surface area contributed by atoms with E-state index in [-0.39, 0.29) is 5.38 Å². The summed E-state index contributed by atoms with van der Waals surface area (Å²) in [6.07, 6.45) is 1.03. The van der Waals surface area contributed by atoms with Gasteiger partial charge in [0.1, 0.15) is 5.82 Å². The first-order chi connectivity index (χ1) is 7.29. The first-order valence-electron chi connectivity index (χ1n) is 5.28. The number of hydrogen-bond donors (Lipinski definition) is 0. The number of nitrogens with zero attached hydrogens (tertiary/aromatic N) is 2. The molecular weight excluding hydrogens is 212 g/mol. The summed E-state index contributed by atoms with van der Waals surface area (Å²) in [7, 11) is 0. The van der Waals surface area contributed by atoms with Crippen molar-refractivity contribution in [1.82, 2.24) is 4.98 Å². The van der Waals surface area contributed by atoms with Crippen molar-refractivity contribution in [2.45, 2.75) is 18.7 Å². The van der Waals surface area contributed by atoms with Gasteiger partial charge in [-0.2, -0.15) is 4.98 Å². The van der Waals surface area contributed by atoms with Gasteiger partial charge in [0.15, 0.2) is 0 Å². The Bertz CT molecular complexity index is 332. The predicted molar refractivity (Wildman–Crippen MR) is 61.9 cm³/mol. The smallest absolute Gasteiger partial charge is 0.215 e. The highest BCUT2D eigenvalue weighted by Gasteiger charge is 2.21. The molecule has 1 saturated heterocycles. The Morgan fingerprint density at radius 2 is 2.47 bits per heavy atom. The summed E-state index contributed by atoms with van der Waals surface area (Å²) in [6.45, 7) is 4.47. The Kier molecular flexibility index (Phi) is 3.31. The van der Waals surface area contributed by atoms with Gasteiger partial charge in [-0.25, -0.2) is 0 Å². The summed E-state index contributed by atoms with van der Waals surface area (Å²) in [5, 5.41) is 0.252. The lowest BCUT2D eigenvalue weighted by Gasteiger charge is -2.16. The van der Waals surface area contributed by atoms with Crippen molar-refractivity contribution in [1.29, 1.82) is 0 Å². The molecule has 82 valence electrons. The molecule has 1 aliphatic heterocycles. The summed E-state index contributed by atoms with van der Waals surface area (Å²) >= 11 is 6.06. The predicted octanol–water partition coefficient (Wildman–Crippen LogP) is 2.30. The monoisotopic (exact) mass is 226 g/mol. The third-order valence-corrected chi connectivity index (χ3v) is 2.81. The highest BCUT2D eigenvalue weighted by atomic mass is 35.5. The zero-order valence-electron chi connectivity index (χ0n) is 8.82.